The summed E-state index contributed by atoms with van der Waals surface area (Å²) in [6.45, 7) is 5.68. The van der Waals surface area contributed by atoms with Gasteiger partial charge in [0.1, 0.15) is 11.5 Å². The van der Waals surface area contributed by atoms with Gasteiger partial charge in [0.05, 0.1) is 23.9 Å². The largest absolute Gasteiger partial charge is 0.333 e. The number of carbonyl (C=O) groups excluding carboxylic acids is 4. The Morgan fingerprint density at radius 2 is 1.07 bits per heavy atom. The Hall–Kier alpha value is -7.11. The van der Waals surface area contributed by atoms with Crippen LogP contribution >= 0.6 is 0 Å². The Kier molecular flexibility index (Phi) is 12.4. The van der Waals surface area contributed by atoms with E-state index in [2.05, 4.69) is 28.7 Å². The minimum absolute atomic E-state index is 0.0106. The van der Waals surface area contributed by atoms with Crippen molar-refractivity contribution in [2.75, 3.05) is 23.9 Å². The van der Waals surface area contributed by atoms with E-state index in [1.807, 2.05) is 99.6 Å². The lowest BCUT2D eigenvalue weighted by atomic mass is 9.85. The van der Waals surface area contributed by atoms with Crippen molar-refractivity contribution in [2.24, 2.45) is 0 Å². The molecule has 11 heteroatoms. The molecule has 2 aliphatic heterocycles. The number of pyridine rings is 1. The quantitative estimate of drug-likeness (QED) is 0.166. The molecule has 1 atom stereocenters. The number of urea groups is 2. The van der Waals surface area contributed by atoms with Crippen LogP contribution in [0.4, 0.5) is 29.9 Å². The van der Waals surface area contributed by atoms with Gasteiger partial charge in [-0.2, -0.15) is 0 Å². The summed E-state index contributed by atoms with van der Waals surface area (Å²) in [4.78, 5) is 60.7. The zero-order valence-electron chi connectivity index (χ0n) is 33.5. The van der Waals surface area contributed by atoms with E-state index >= 15 is 0 Å². The first-order valence-electron chi connectivity index (χ1n) is 19.2. The first-order chi connectivity index (χ1) is 28.3. The zero-order valence-corrected chi connectivity index (χ0v) is 33.5. The maximum Gasteiger partial charge on any atom is 0.333 e. The molecule has 2 fully saturated rings. The van der Waals surface area contributed by atoms with Crippen LogP contribution in [-0.2, 0) is 15.1 Å². The Balaban J connectivity index is 0.000000199. The SMILES string of the molecule is CCC1(CC)CC(=O)N(c2c(F)cc(C#Cc3ccccc3)cc2F)C(=O)N1C.CN1C(=O)N(c2ccc(C#Cc3ccccc3)cn2)C(=O)CC1(C)c1ccccc1. The van der Waals surface area contributed by atoms with Gasteiger partial charge in [-0.15, -0.1) is 0 Å². The molecule has 0 bridgehead atoms. The molecular formula is C48H43F2N5O4. The predicted molar refractivity (Wildman–Crippen MR) is 223 cm³/mol. The summed E-state index contributed by atoms with van der Waals surface area (Å²) in [6.07, 6.45) is 2.92. The van der Waals surface area contributed by atoms with E-state index in [-0.39, 0.29) is 24.3 Å². The number of hydrogen-bond acceptors (Lipinski definition) is 5. The summed E-state index contributed by atoms with van der Waals surface area (Å²) < 4.78 is 29.6. The van der Waals surface area contributed by atoms with Crippen molar-refractivity contribution in [2.45, 2.75) is 57.5 Å². The standard InChI is InChI=1S/C25H21N3O2.C23H22F2N2O2/c1-25(21-11-7-4-8-12-21)17-23(29)28(24(30)27(25)2)22-16-15-20(18-26-22)14-13-19-9-5-3-6-10-19;1-4-23(5-2)15-20(28)27(22(29)26(23)3)21-18(24)13-17(14-19(21)25)12-11-16-9-7-6-8-10-16/h3-12,15-16,18H,17H2,1-2H3;6-10,13-14H,4-5,15H2,1-3H3. The second-order valence-electron chi connectivity index (χ2n) is 14.5. The average molecular weight is 792 g/mol. The Morgan fingerprint density at radius 3 is 1.58 bits per heavy atom. The van der Waals surface area contributed by atoms with Crippen molar-refractivity contribution in [3.8, 4) is 23.7 Å². The molecule has 0 radical (unpaired) electrons. The first-order valence-corrected chi connectivity index (χ1v) is 19.2. The second-order valence-corrected chi connectivity index (χ2v) is 14.5. The van der Waals surface area contributed by atoms with Crippen LogP contribution in [0.15, 0.2) is 121 Å². The lowest BCUT2D eigenvalue weighted by molar-refractivity contribution is -0.123. The number of benzene rings is 4. The zero-order chi connectivity index (χ0) is 42.3. The summed E-state index contributed by atoms with van der Waals surface area (Å²) >= 11 is 0. The van der Waals surface area contributed by atoms with Crippen molar-refractivity contribution in [1.29, 1.82) is 0 Å². The Labute approximate surface area is 343 Å². The number of halogens is 2. The van der Waals surface area contributed by atoms with Crippen molar-refractivity contribution < 1.29 is 28.0 Å². The van der Waals surface area contributed by atoms with Crippen molar-refractivity contribution in [1.82, 2.24) is 14.8 Å². The minimum atomic E-state index is -1.00. The van der Waals surface area contributed by atoms with E-state index in [1.54, 1.807) is 49.5 Å². The van der Waals surface area contributed by atoms with E-state index in [9.17, 15) is 28.0 Å². The number of hydrogen-bond donors (Lipinski definition) is 0. The highest BCUT2D eigenvalue weighted by molar-refractivity contribution is 6.17. The predicted octanol–water partition coefficient (Wildman–Crippen LogP) is 8.90. The molecule has 3 heterocycles. The highest BCUT2D eigenvalue weighted by atomic mass is 19.1. The van der Waals surface area contributed by atoms with E-state index in [0.29, 0.717) is 34.7 Å². The van der Waals surface area contributed by atoms with Crippen LogP contribution in [0, 0.1) is 35.3 Å². The molecule has 0 N–H and O–H groups in total. The minimum Gasteiger partial charge on any atom is -0.321 e. The number of carbonyl (C=O) groups is 4. The summed E-state index contributed by atoms with van der Waals surface area (Å²) in [7, 11) is 3.28. The van der Waals surface area contributed by atoms with Crippen LogP contribution in [0.3, 0.4) is 0 Å². The molecular weight excluding hydrogens is 749 g/mol. The number of anilines is 2. The van der Waals surface area contributed by atoms with Crippen LogP contribution in [0.2, 0.25) is 0 Å². The molecule has 9 nitrogen and oxygen atoms in total. The number of imide groups is 2. The molecule has 2 aliphatic rings. The molecule has 0 spiro atoms. The molecule has 298 valence electrons. The summed E-state index contributed by atoms with van der Waals surface area (Å²) in [6, 6.07) is 32.7. The molecule has 0 aliphatic carbocycles. The van der Waals surface area contributed by atoms with Crippen LogP contribution in [-0.4, -0.2) is 58.3 Å². The van der Waals surface area contributed by atoms with Gasteiger partial charge in [0.2, 0.25) is 11.8 Å². The topological polar surface area (TPSA) is 94.1 Å². The van der Waals surface area contributed by atoms with Crippen LogP contribution in [0.1, 0.15) is 74.3 Å². The Morgan fingerprint density at radius 1 is 0.593 bits per heavy atom. The number of aromatic nitrogens is 1. The molecule has 6 amide bonds. The van der Waals surface area contributed by atoms with Gasteiger partial charge in [-0.1, -0.05) is 104 Å². The molecule has 4 aromatic carbocycles. The van der Waals surface area contributed by atoms with E-state index in [4.69, 9.17) is 0 Å². The smallest absolute Gasteiger partial charge is 0.321 e. The summed E-state index contributed by atoms with van der Waals surface area (Å²) in [5.41, 5.74) is 1.37. The van der Waals surface area contributed by atoms with Gasteiger partial charge in [-0.3, -0.25) is 9.59 Å². The van der Waals surface area contributed by atoms with Gasteiger partial charge < -0.3 is 9.80 Å². The molecule has 0 saturated carbocycles. The normalized spacial score (nSPS) is 17.3. The van der Waals surface area contributed by atoms with Gasteiger partial charge >= 0.3 is 12.1 Å². The number of rotatable bonds is 5. The number of amides is 6. The summed E-state index contributed by atoms with van der Waals surface area (Å²) in [5.74, 6) is 9.05. The molecule has 5 aromatic rings. The van der Waals surface area contributed by atoms with E-state index < -0.39 is 46.4 Å². The third-order valence-corrected chi connectivity index (χ3v) is 11.1. The highest BCUT2D eigenvalue weighted by Crippen LogP contribution is 2.38. The van der Waals surface area contributed by atoms with Crippen molar-refractivity contribution >= 4 is 35.4 Å². The highest BCUT2D eigenvalue weighted by Gasteiger charge is 2.48. The molecule has 1 unspecified atom stereocenters. The fourth-order valence-corrected chi connectivity index (χ4v) is 7.19. The second kappa shape index (κ2) is 17.6. The van der Waals surface area contributed by atoms with Gasteiger partial charge in [-0.05, 0) is 73.9 Å². The van der Waals surface area contributed by atoms with Gasteiger partial charge in [-0.25, -0.2) is 33.2 Å². The van der Waals surface area contributed by atoms with Crippen molar-refractivity contribution in [3.05, 3.63) is 161 Å². The molecule has 7 rings (SSSR count). The van der Waals surface area contributed by atoms with E-state index in [1.165, 1.54) is 4.90 Å². The van der Waals surface area contributed by atoms with Gasteiger partial charge in [0.25, 0.3) is 0 Å². The third-order valence-electron chi connectivity index (χ3n) is 11.1. The summed E-state index contributed by atoms with van der Waals surface area (Å²) in [5, 5.41) is 0. The first kappa shape index (κ1) is 41.5. The van der Waals surface area contributed by atoms with Gasteiger partial charge in [0.15, 0.2) is 11.6 Å². The fourth-order valence-electron chi connectivity index (χ4n) is 7.19. The van der Waals surface area contributed by atoms with Crippen LogP contribution < -0.4 is 9.80 Å². The molecule has 59 heavy (non-hydrogen) atoms. The molecule has 1 aromatic heterocycles. The lowest BCUT2D eigenvalue weighted by Gasteiger charge is -2.47. The monoisotopic (exact) mass is 791 g/mol. The third kappa shape index (κ3) is 8.61. The van der Waals surface area contributed by atoms with Gasteiger partial charge in [0, 0.05) is 42.5 Å². The van der Waals surface area contributed by atoms with Crippen LogP contribution in [0.25, 0.3) is 0 Å². The van der Waals surface area contributed by atoms with Crippen molar-refractivity contribution in [3.63, 3.8) is 0 Å². The maximum absolute atomic E-state index is 14.8. The van der Waals surface area contributed by atoms with E-state index in [0.717, 1.165) is 28.2 Å². The maximum atomic E-state index is 14.8. The average Bonchev–Trinajstić information content (AvgIpc) is 3.25. The number of nitrogens with zero attached hydrogens (tertiary/aromatic N) is 5. The van der Waals surface area contributed by atoms with Crippen LogP contribution in [0.5, 0.6) is 0 Å². The molecule has 2 saturated heterocycles. The lowest BCUT2D eigenvalue weighted by Crippen LogP contribution is -2.62. The fraction of sp³-hybridized carbons (Fsp3) is 0.229. The Bertz CT molecular complexity index is 2470.